The van der Waals surface area contributed by atoms with Gasteiger partial charge in [0.15, 0.2) is 6.04 Å². The second-order valence-corrected chi connectivity index (χ2v) is 7.80. The Kier molecular flexibility index (Phi) is 4.94. The number of H-pyrrole nitrogens is 1. The van der Waals surface area contributed by atoms with Crippen molar-refractivity contribution >= 4 is 16.9 Å². The van der Waals surface area contributed by atoms with Crippen LogP contribution < -0.4 is 5.06 Å². The standard InChI is InChI=1S/C25H22N2O4/c28-22-11-10-17(14-20(22)25(29)31-15-16-6-2-1-3-7-16)24-23-19(12-13-27(24)30)18-8-4-5-9-21(18)26-23/h1-11,14,24,26-28H,12-13,15H2. The van der Waals surface area contributed by atoms with Crippen LogP contribution in [0.3, 0.4) is 0 Å². The van der Waals surface area contributed by atoms with Crippen LogP contribution in [0.1, 0.15) is 38.8 Å². The van der Waals surface area contributed by atoms with Gasteiger partial charge in [-0.3, -0.25) is 0 Å². The molecule has 31 heavy (non-hydrogen) atoms. The zero-order chi connectivity index (χ0) is 21.4. The zero-order valence-electron chi connectivity index (χ0n) is 16.8. The number of nitrogens with one attached hydrogen (secondary N) is 2. The van der Waals surface area contributed by atoms with Gasteiger partial charge in [-0.15, -0.1) is 0 Å². The number of rotatable bonds is 4. The van der Waals surface area contributed by atoms with Crippen LogP contribution in [0.15, 0.2) is 72.8 Å². The van der Waals surface area contributed by atoms with Crippen LogP contribution in [-0.4, -0.2) is 22.6 Å². The van der Waals surface area contributed by atoms with E-state index in [0.717, 1.165) is 27.7 Å². The number of phenols is 1. The Morgan fingerprint density at radius 1 is 1.10 bits per heavy atom. The Hall–Kier alpha value is -3.61. The lowest BCUT2D eigenvalue weighted by atomic mass is 9.93. The summed E-state index contributed by atoms with van der Waals surface area (Å²) in [4.78, 5) is 16.1. The largest absolute Gasteiger partial charge is 0.634 e. The van der Waals surface area contributed by atoms with Crippen molar-refractivity contribution in [3.8, 4) is 5.75 Å². The number of para-hydroxylation sites is 1. The van der Waals surface area contributed by atoms with Crippen molar-refractivity contribution in [1.82, 2.24) is 4.98 Å². The Morgan fingerprint density at radius 3 is 2.71 bits per heavy atom. The van der Waals surface area contributed by atoms with Crippen molar-refractivity contribution in [3.05, 3.63) is 106 Å². The number of carbonyl (C=O) groups excluding carboxylic acids is 1. The predicted octanol–water partition coefficient (Wildman–Crippen LogP) is 3.26. The zero-order valence-corrected chi connectivity index (χ0v) is 16.8. The number of hydrogen-bond donors (Lipinski definition) is 3. The van der Waals surface area contributed by atoms with Crippen molar-refractivity contribution in [2.75, 3.05) is 6.54 Å². The molecule has 0 fully saturated rings. The van der Waals surface area contributed by atoms with E-state index in [2.05, 4.69) is 11.1 Å². The fourth-order valence-electron chi connectivity index (χ4n) is 4.34. The maximum absolute atomic E-state index is 12.9. The van der Waals surface area contributed by atoms with Gasteiger partial charge >= 0.3 is 5.97 Å². The number of carbonyl (C=O) groups is 1. The van der Waals surface area contributed by atoms with Crippen LogP contribution in [0.25, 0.3) is 10.9 Å². The predicted molar refractivity (Wildman–Crippen MR) is 117 cm³/mol. The van der Waals surface area contributed by atoms with Crippen molar-refractivity contribution < 1.29 is 19.7 Å². The minimum atomic E-state index is -0.622. The Labute approximate surface area is 179 Å². The molecule has 1 aliphatic heterocycles. The summed E-state index contributed by atoms with van der Waals surface area (Å²) in [5, 5.41) is 24.4. The van der Waals surface area contributed by atoms with E-state index in [1.807, 2.05) is 48.5 Å². The fraction of sp³-hybridized carbons (Fsp3) is 0.160. The Balaban J connectivity index is 1.48. The lowest BCUT2D eigenvalue weighted by Crippen LogP contribution is -3.08. The number of fused-ring (bicyclic) bond motifs is 3. The number of aromatic nitrogens is 1. The van der Waals surface area contributed by atoms with Gasteiger partial charge in [0.2, 0.25) is 0 Å². The summed E-state index contributed by atoms with van der Waals surface area (Å²) < 4.78 is 5.39. The maximum atomic E-state index is 12.9. The van der Waals surface area contributed by atoms with Crippen LogP contribution in [0.2, 0.25) is 0 Å². The smallest absolute Gasteiger partial charge is 0.342 e. The van der Waals surface area contributed by atoms with E-state index in [9.17, 15) is 15.1 Å². The molecule has 0 saturated carbocycles. The molecule has 1 aromatic heterocycles. The molecule has 2 unspecified atom stereocenters. The van der Waals surface area contributed by atoms with E-state index >= 15 is 0 Å². The van der Waals surface area contributed by atoms with Gasteiger partial charge in [-0.2, -0.15) is 0 Å². The van der Waals surface area contributed by atoms with Gasteiger partial charge in [0.05, 0.1) is 12.2 Å². The SMILES string of the molecule is O=C(OCc1ccccc1)c1cc(C2c3[nH]c4ccccc4c3CC[NH+]2[O-])ccc1O. The number of ether oxygens (including phenoxy) is 1. The summed E-state index contributed by atoms with van der Waals surface area (Å²) >= 11 is 0. The van der Waals surface area contributed by atoms with Gasteiger partial charge in [0, 0.05) is 22.9 Å². The first-order valence-corrected chi connectivity index (χ1v) is 10.3. The van der Waals surface area contributed by atoms with Crippen molar-refractivity contribution in [3.63, 3.8) is 0 Å². The van der Waals surface area contributed by atoms with Gasteiger partial charge < -0.3 is 25.1 Å². The normalized spacial score (nSPS) is 18.0. The van der Waals surface area contributed by atoms with Crippen LogP contribution in [-0.2, 0) is 17.8 Å². The average molecular weight is 414 g/mol. The summed E-state index contributed by atoms with van der Waals surface area (Å²) in [6, 6.07) is 21.6. The monoisotopic (exact) mass is 414 g/mol. The molecule has 0 radical (unpaired) electrons. The van der Waals surface area contributed by atoms with E-state index in [-0.39, 0.29) is 23.0 Å². The number of benzene rings is 3. The number of hydrogen-bond acceptors (Lipinski definition) is 4. The minimum absolute atomic E-state index is 0.0597. The van der Waals surface area contributed by atoms with Gasteiger partial charge in [0.1, 0.15) is 17.9 Å². The van der Waals surface area contributed by atoms with Crippen molar-refractivity contribution in [1.29, 1.82) is 0 Å². The molecule has 2 atom stereocenters. The topological polar surface area (TPSA) is 89.8 Å². The van der Waals surface area contributed by atoms with Crippen molar-refractivity contribution in [2.45, 2.75) is 19.1 Å². The van der Waals surface area contributed by atoms with E-state index in [1.165, 1.54) is 6.07 Å². The molecule has 0 saturated heterocycles. The molecule has 4 aromatic rings. The summed E-state index contributed by atoms with van der Waals surface area (Å²) in [6.45, 7) is 0.548. The van der Waals surface area contributed by atoms with Gasteiger partial charge in [-0.1, -0.05) is 48.5 Å². The maximum Gasteiger partial charge on any atom is 0.342 e. The highest BCUT2D eigenvalue weighted by Gasteiger charge is 2.32. The second kappa shape index (κ2) is 7.91. The number of phenolic OH excluding ortho intramolecular Hbond substituents is 1. The lowest BCUT2D eigenvalue weighted by Gasteiger charge is -2.35. The lowest BCUT2D eigenvalue weighted by molar-refractivity contribution is -0.878. The first kappa shape index (κ1) is 19.4. The van der Waals surface area contributed by atoms with Gasteiger partial charge in [0.25, 0.3) is 0 Å². The van der Waals surface area contributed by atoms with E-state index in [1.54, 1.807) is 12.1 Å². The summed E-state index contributed by atoms with van der Waals surface area (Å²) in [6.07, 6.45) is 0.693. The highest BCUT2D eigenvalue weighted by atomic mass is 16.5. The van der Waals surface area contributed by atoms with Crippen LogP contribution in [0, 0.1) is 5.21 Å². The van der Waals surface area contributed by atoms with E-state index < -0.39 is 12.0 Å². The minimum Gasteiger partial charge on any atom is -0.634 e. The molecule has 156 valence electrons. The van der Waals surface area contributed by atoms with Crippen LogP contribution >= 0.6 is 0 Å². The highest BCUT2D eigenvalue weighted by Crippen LogP contribution is 2.33. The molecule has 0 amide bonds. The Morgan fingerprint density at radius 2 is 1.87 bits per heavy atom. The second-order valence-electron chi connectivity index (χ2n) is 7.80. The highest BCUT2D eigenvalue weighted by molar-refractivity contribution is 5.92. The third-order valence-electron chi connectivity index (χ3n) is 5.87. The molecule has 0 spiro atoms. The van der Waals surface area contributed by atoms with Gasteiger partial charge in [-0.05, 0) is 35.4 Å². The summed E-state index contributed by atoms with van der Waals surface area (Å²) in [5.41, 5.74) is 4.59. The molecule has 0 aliphatic carbocycles. The molecule has 5 rings (SSSR count). The third-order valence-corrected chi connectivity index (χ3v) is 5.87. The van der Waals surface area contributed by atoms with E-state index in [0.29, 0.717) is 18.5 Å². The Bertz CT molecular complexity index is 1250. The molecule has 6 heteroatoms. The number of esters is 1. The number of quaternary nitrogens is 1. The average Bonchev–Trinajstić information content (AvgIpc) is 3.17. The van der Waals surface area contributed by atoms with Crippen LogP contribution in [0.4, 0.5) is 0 Å². The molecule has 1 aliphatic rings. The summed E-state index contributed by atoms with van der Waals surface area (Å²) in [7, 11) is 0. The summed E-state index contributed by atoms with van der Waals surface area (Å²) in [5.74, 6) is -0.787. The molecule has 0 bridgehead atoms. The molecule has 2 heterocycles. The molecule has 6 nitrogen and oxygen atoms in total. The number of aromatic hydroxyl groups is 1. The molecule has 3 aromatic carbocycles. The molecular formula is C25H22N2O4. The first-order valence-electron chi connectivity index (χ1n) is 10.3. The van der Waals surface area contributed by atoms with E-state index in [4.69, 9.17) is 4.74 Å². The van der Waals surface area contributed by atoms with Crippen molar-refractivity contribution in [2.24, 2.45) is 0 Å². The first-order chi connectivity index (χ1) is 15.1. The fourth-order valence-corrected chi connectivity index (χ4v) is 4.34. The van der Waals surface area contributed by atoms with Gasteiger partial charge in [-0.25, -0.2) is 4.79 Å². The molecule has 3 N–H and O–H groups in total. The third kappa shape index (κ3) is 3.56. The number of hydroxylamine groups is 2. The molecular weight excluding hydrogens is 392 g/mol. The number of aromatic amines is 1. The van der Waals surface area contributed by atoms with Crippen LogP contribution in [0.5, 0.6) is 5.75 Å². The quantitative estimate of drug-likeness (QED) is 0.353.